The van der Waals surface area contributed by atoms with Gasteiger partial charge < -0.3 is 9.84 Å². The number of methoxy groups -OCH3 is 1. The zero-order valence-corrected chi connectivity index (χ0v) is 11.6. The van der Waals surface area contributed by atoms with Crippen LogP contribution in [0.5, 0.6) is 0 Å². The van der Waals surface area contributed by atoms with E-state index in [9.17, 15) is 5.11 Å². The second-order valence-electron chi connectivity index (χ2n) is 4.44. The quantitative estimate of drug-likeness (QED) is 0.840. The summed E-state index contributed by atoms with van der Waals surface area (Å²) in [7, 11) is 1.69. The van der Waals surface area contributed by atoms with Crippen LogP contribution in [0.4, 0.5) is 0 Å². The van der Waals surface area contributed by atoms with E-state index in [0.29, 0.717) is 12.3 Å². The molecule has 1 saturated carbocycles. The van der Waals surface area contributed by atoms with Gasteiger partial charge in [-0.15, -0.1) is 0 Å². The summed E-state index contributed by atoms with van der Waals surface area (Å²) in [5.41, 5.74) is 1.18. The lowest BCUT2D eigenvalue weighted by Crippen LogP contribution is -2.31. The lowest BCUT2D eigenvalue weighted by molar-refractivity contribution is -0.0237. The number of ether oxygens (including phenoxy) is 1. The third-order valence-electron chi connectivity index (χ3n) is 3.10. The van der Waals surface area contributed by atoms with E-state index in [0.717, 1.165) is 0 Å². The van der Waals surface area contributed by atoms with Crippen molar-refractivity contribution in [2.45, 2.75) is 31.5 Å². The Morgan fingerprint density at radius 2 is 2.00 bits per heavy atom. The molecule has 1 aliphatic rings. The molecule has 0 heterocycles. The molecule has 0 saturated heterocycles. The van der Waals surface area contributed by atoms with Gasteiger partial charge in [-0.3, -0.25) is 0 Å². The van der Waals surface area contributed by atoms with Crippen molar-refractivity contribution in [3.63, 3.8) is 0 Å². The van der Waals surface area contributed by atoms with E-state index in [2.05, 4.69) is 46.9 Å². The first-order chi connectivity index (χ1) is 7.70. The van der Waals surface area contributed by atoms with Gasteiger partial charge in [0.15, 0.2) is 0 Å². The predicted molar refractivity (Wildman–Crippen MR) is 72.4 cm³/mol. The van der Waals surface area contributed by atoms with Gasteiger partial charge in [-0.25, -0.2) is 0 Å². The highest BCUT2D eigenvalue weighted by molar-refractivity contribution is 14.1. The highest BCUT2D eigenvalue weighted by Gasteiger charge is 2.35. The van der Waals surface area contributed by atoms with Gasteiger partial charge in [-0.2, -0.15) is 0 Å². The molecule has 1 fully saturated rings. The molecule has 2 atom stereocenters. The molecule has 2 rings (SSSR count). The first-order valence-corrected chi connectivity index (χ1v) is 6.74. The minimum Gasteiger partial charge on any atom is -0.390 e. The molecule has 1 N–H and O–H groups in total. The molecule has 88 valence electrons. The molecule has 0 bridgehead atoms. The summed E-state index contributed by atoms with van der Waals surface area (Å²) in [4.78, 5) is 0. The van der Waals surface area contributed by atoms with E-state index >= 15 is 0 Å². The molecule has 2 nitrogen and oxygen atoms in total. The first kappa shape index (κ1) is 12.3. The molecule has 1 aromatic rings. The zero-order chi connectivity index (χ0) is 11.5. The van der Waals surface area contributed by atoms with Gasteiger partial charge in [0.25, 0.3) is 0 Å². The van der Waals surface area contributed by atoms with Crippen LogP contribution in [0.1, 0.15) is 18.4 Å². The van der Waals surface area contributed by atoms with Crippen LogP contribution in [-0.2, 0) is 11.2 Å². The summed E-state index contributed by atoms with van der Waals surface area (Å²) in [5.74, 6) is 0.573. The number of rotatable bonds is 5. The van der Waals surface area contributed by atoms with E-state index in [-0.39, 0.29) is 12.2 Å². The highest BCUT2D eigenvalue weighted by Crippen LogP contribution is 2.36. The zero-order valence-electron chi connectivity index (χ0n) is 9.40. The summed E-state index contributed by atoms with van der Waals surface area (Å²) >= 11 is 2.28. The molecule has 1 aliphatic carbocycles. The van der Waals surface area contributed by atoms with E-state index in [4.69, 9.17) is 4.74 Å². The lowest BCUT2D eigenvalue weighted by Gasteiger charge is -2.21. The smallest absolute Gasteiger partial charge is 0.0861 e. The molecule has 2 unspecified atom stereocenters. The first-order valence-electron chi connectivity index (χ1n) is 5.66. The van der Waals surface area contributed by atoms with Gasteiger partial charge in [0.1, 0.15) is 0 Å². The Morgan fingerprint density at radius 1 is 1.38 bits per heavy atom. The van der Waals surface area contributed by atoms with Crippen LogP contribution < -0.4 is 0 Å². The third kappa shape index (κ3) is 3.18. The summed E-state index contributed by atoms with van der Waals surface area (Å²) in [6.45, 7) is 0. The number of aliphatic hydroxyl groups is 1. The summed E-state index contributed by atoms with van der Waals surface area (Å²) < 4.78 is 6.60. The number of halogens is 1. The molecule has 3 heteroatoms. The van der Waals surface area contributed by atoms with E-state index in [1.54, 1.807) is 7.11 Å². The molecule has 16 heavy (non-hydrogen) atoms. The minimum atomic E-state index is -0.377. The van der Waals surface area contributed by atoms with E-state index in [1.165, 1.54) is 22.0 Å². The second kappa shape index (κ2) is 5.47. The fourth-order valence-electron chi connectivity index (χ4n) is 2.07. The molecule has 0 aromatic heterocycles. The molecule has 0 amide bonds. The standard InChI is InChI=1S/C13H17IO2/c1-16-13(10-4-5-10)12(15)8-9-2-6-11(14)7-3-9/h2-3,6-7,10,12-13,15H,4-5,8H2,1H3. The summed E-state index contributed by atoms with van der Waals surface area (Å²) in [6, 6.07) is 8.29. The van der Waals surface area contributed by atoms with Gasteiger partial charge in [-0.1, -0.05) is 12.1 Å². The maximum atomic E-state index is 10.1. The topological polar surface area (TPSA) is 29.5 Å². The van der Waals surface area contributed by atoms with Crippen LogP contribution >= 0.6 is 22.6 Å². The van der Waals surface area contributed by atoms with Crippen molar-refractivity contribution in [2.24, 2.45) is 5.92 Å². The van der Waals surface area contributed by atoms with Crippen LogP contribution in [0, 0.1) is 9.49 Å². The van der Waals surface area contributed by atoms with Crippen molar-refractivity contribution in [3.8, 4) is 0 Å². The fraction of sp³-hybridized carbons (Fsp3) is 0.538. The summed E-state index contributed by atoms with van der Waals surface area (Å²) in [5, 5.41) is 10.1. The Balaban J connectivity index is 1.94. The monoisotopic (exact) mass is 332 g/mol. The number of benzene rings is 1. The van der Waals surface area contributed by atoms with Gasteiger partial charge in [0, 0.05) is 17.1 Å². The average Bonchev–Trinajstić information content (AvgIpc) is 3.07. The van der Waals surface area contributed by atoms with Gasteiger partial charge >= 0.3 is 0 Å². The Bertz CT molecular complexity index is 332. The molecule has 0 spiro atoms. The Hall–Kier alpha value is -0.130. The van der Waals surface area contributed by atoms with Crippen molar-refractivity contribution in [3.05, 3.63) is 33.4 Å². The van der Waals surface area contributed by atoms with Crippen LogP contribution in [0.2, 0.25) is 0 Å². The van der Waals surface area contributed by atoms with Crippen LogP contribution in [-0.4, -0.2) is 24.4 Å². The highest BCUT2D eigenvalue weighted by atomic mass is 127. The summed E-state index contributed by atoms with van der Waals surface area (Å²) in [6.07, 6.45) is 2.72. The lowest BCUT2D eigenvalue weighted by atomic mass is 10.0. The fourth-order valence-corrected chi connectivity index (χ4v) is 2.43. The number of aliphatic hydroxyl groups excluding tert-OH is 1. The van der Waals surface area contributed by atoms with Crippen molar-refractivity contribution in [2.75, 3.05) is 7.11 Å². The molecule has 1 aromatic carbocycles. The number of hydrogen-bond acceptors (Lipinski definition) is 2. The molecular weight excluding hydrogens is 315 g/mol. The Labute approximate surface area is 110 Å². The minimum absolute atomic E-state index is 0.0132. The predicted octanol–water partition coefficient (Wildman–Crippen LogP) is 2.62. The van der Waals surface area contributed by atoms with Crippen LogP contribution in [0.25, 0.3) is 0 Å². The van der Waals surface area contributed by atoms with Gasteiger partial charge in [0.2, 0.25) is 0 Å². The molecule has 0 radical (unpaired) electrons. The number of hydrogen-bond donors (Lipinski definition) is 1. The molecular formula is C13H17IO2. The van der Waals surface area contributed by atoms with Crippen molar-refractivity contribution in [1.82, 2.24) is 0 Å². The van der Waals surface area contributed by atoms with Crippen LogP contribution in [0.15, 0.2) is 24.3 Å². The SMILES string of the molecule is COC(C(O)Cc1ccc(I)cc1)C1CC1. The van der Waals surface area contributed by atoms with Gasteiger partial charge in [-0.05, 0) is 59.0 Å². The molecule has 0 aliphatic heterocycles. The Kier molecular flexibility index (Phi) is 4.21. The maximum absolute atomic E-state index is 10.1. The van der Waals surface area contributed by atoms with Crippen molar-refractivity contribution in [1.29, 1.82) is 0 Å². The van der Waals surface area contributed by atoms with E-state index in [1.807, 2.05) is 0 Å². The van der Waals surface area contributed by atoms with E-state index < -0.39 is 0 Å². The average molecular weight is 332 g/mol. The normalized spacial score (nSPS) is 19.4. The third-order valence-corrected chi connectivity index (χ3v) is 3.82. The van der Waals surface area contributed by atoms with Crippen molar-refractivity contribution >= 4 is 22.6 Å². The van der Waals surface area contributed by atoms with Crippen LogP contribution in [0.3, 0.4) is 0 Å². The Morgan fingerprint density at radius 3 is 2.50 bits per heavy atom. The van der Waals surface area contributed by atoms with Crippen molar-refractivity contribution < 1.29 is 9.84 Å². The maximum Gasteiger partial charge on any atom is 0.0861 e. The van der Waals surface area contributed by atoms with Gasteiger partial charge in [0.05, 0.1) is 12.2 Å². The largest absolute Gasteiger partial charge is 0.390 e. The second-order valence-corrected chi connectivity index (χ2v) is 5.68.